The van der Waals surface area contributed by atoms with Gasteiger partial charge in [-0.1, -0.05) is 38.1 Å². The first-order valence-electron chi connectivity index (χ1n) is 6.90. The van der Waals surface area contributed by atoms with Crippen LogP contribution in [0.25, 0.3) is 17.1 Å². The minimum Gasteiger partial charge on any atom is -0.399 e. The van der Waals surface area contributed by atoms with Crippen LogP contribution >= 0.6 is 0 Å². The fourth-order valence-electron chi connectivity index (χ4n) is 2.23. The SMILES string of the molecule is CC(C)c1cccc(-n2nnnc2-c2cccc(N)c2)c1. The van der Waals surface area contributed by atoms with Gasteiger partial charge in [0.1, 0.15) is 0 Å². The second-order valence-electron chi connectivity index (χ2n) is 5.29. The number of benzene rings is 2. The summed E-state index contributed by atoms with van der Waals surface area (Å²) < 4.78 is 1.74. The fourth-order valence-corrected chi connectivity index (χ4v) is 2.23. The van der Waals surface area contributed by atoms with Gasteiger partial charge in [-0.3, -0.25) is 0 Å². The minimum atomic E-state index is 0.456. The van der Waals surface area contributed by atoms with Gasteiger partial charge in [0.25, 0.3) is 0 Å². The molecule has 106 valence electrons. The number of tetrazole rings is 1. The van der Waals surface area contributed by atoms with E-state index in [0.717, 1.165) is 11.3 Å². The van der Waals surface area contributed by atoms with E-state index < -0.39 is 0 Å². The highest BCUT2D eigenvalue weighted by Gasteiger charge is 2.11. The molecule has 0 bridgehead atoms. The molecule has 2 aromatic carbocycles. The molecule has 0 unspecified atom stereocenters. The Morgan fingerprint density at radius 2 is 1.86 bits per heavy atom. The summed E-state index contributed by atoms with van der Waals surface area (Å²) in [6.45, 7) is 4.33. The molecule has 0 aliphatic heterocycles. The molecular formula is C16H17N5. The summed E-state index contributed by atoms with van der Waals surface area (Å²) in [7, 11) is 0. The number of anilines is 1. The number of hydrogen-bond acceptors (Lipinski definition) is 4. The largest absolute Gasteiger partial charge is 0.399 e. The third-order valence-electron chi connectivity index (χ3n) is 3.40. The van der Waals surface area contributed by atoms with Crippen molar-refractivity contribution >= 4 is 5.69 Å². The number of aromatic nitrogens is 4. The molecular weight excluding hydrogens is 262 g/mol. The van der Waals surface area contributed by atoms with E-state index in [1.165, 1.54) is 5.56 Å². The summed E-state index contributed by atoms with van der Waals surface area (Å²) in [4.78, 5) is 0. The van der Waals surface area contributed by atoms with Crippen LogP contribution in [-0.2, 0) is 0 Å². The van der Waals surface area contributed by atoms with Crippen molar-refractivity contribution < 1.29 is 0 Å². The van der Waals surface area contributed by atoms with Gasteiger partial charge in [-0.25, -0.2) is 0 Å². The molecule has 0 spiro atoms. The predicted octanol–water partition coefficient (Wildman–Crippen LogP) is 3.03. The van der Waals surface area contributed by atoms with E-state index in [1.807, 2.05) is 36.4 Å². The fraction of sp³-hybridized carbons (Fsp3) is 0.188. The van der Waals surface area contributed by atoms with E-state index in [4.69, 9.17) is 5.73 Å². The van der Waals surface area contributed by atoms with Crippen molar-refractivity contribution in [3.05, 3.63) is 54.1 Å². The molecule has 0 saturated carbocycles. The molecule has 21 heavy (non-hydrogen) atoms. The van der Waals surface area contributed by atoms with E-state index >= 15 is 0 Å². The summed E-state index contributed by atoms with van der Waals surface area (Å²) in [6.07, 6.45) is 0. The smallest absolute Gasteiger partial charge is 0.187 e. The third-order valence-corrected chi connectivity index (χ3v) is 3.40. The van der Waals surface area contributed by atoms with Gasteiger partial charge in [-0.05, 0) is 46.2 Å². The second-order valence-corrected chi connectivity index (χ2v) is 5.29. The first-order chi connectivity index (χ1) is 10.1. The van der Waals surface area contributed by atoms with Crippen LogP contribution < -0.4 is 5.73 Å². The van der Waals surface area contributed by atoms with E-state index in [0.29, 0.717) is 17.4 Å². The van der Waals surface area contributed by atoms with Crippen LogP contribution in [0.5, 0.6) is 0 Å². The lowest BCUT2D eigenvalue weighted by atomic mass is 10.0. The highest BCUT2D eigenvalue weighted by Crippen LogP contribution is 2.23. The van der Waals surface area contributed by atoms with Gasteiger partial charge in [0.05, 0.1) is 5.69 Å². The first kappa shape index (κ1) is 13.3. The van der Waals surface area contributed by atoms with Gasteiger partial charge in [0.15, 0.2) is 5.82 Å². The zero-order chi connectivity index (χ0) is 14.8. The van der Waals surface area contributed by atoms with Crippen molar-refractivity contribution in [3.63, 3.8) is 0 Å². The standard InChI is InChI=1S/C16H17N5/c1-11(2)12-5-4-8-15(10-12)21-16(18-19-20-21)13-6-3-7-14(17)9-13/h3-11H,17H2,1-2H3. The molecule has 1 aromatic heterocycles. The molecule has 3 rings (SSSR count). The summed E-state index contributed by atoms with van der Waals surface area (Å²) in [5, 5.41) is 12.0. The van der Waals surface area contributed by atoms with Crippen LogP contribution in [0.3, 0.4) is 0 Å². The van der Waals surface area contributed by atoms with E-state index in [2.05, 4.69) is 41.5 Å². The quantitative estimate of drug-likeness (QED) is 0.748. The van der Waals surface area contributed by atoms with Crippen molar-refractivity contribution in [3.8, 4) is 17.1 Å². The topological polar surface area (TPSA) is 69.6 Å². The van der Waals surface area contributed by atoms with Crippen molar-refractivity contribution in [1.82, 2.24) is 20.2 Å². The zero-order valence-electron chi connectivity index (χ0n) is 12.1. The normalized spacial score (nSPS) is 11.0. The van der Waals surface area contributed by atoms with Crippen LogP contribution in [0.15, 0.2) is 48.5 Å². The van der Waals surface area contributed by atoms with E-state index in [-0.39, 0.29) is 0 Å². The molecule has 1 heterocycles. The molecule has 0 atom stereocenters. The molecule has 3 aromatic rings. The zero-order valence-corrected chi connectivity index (χ0v) is 12.1. The van der Waals surface area contributed by atoms with Gasteiger partial charge >= 0.3 is 0 Å². The maximum absolute atomic E-state index is 5.84. The Morgan fingerprint density at radius 3 is 2.62 bits per heavy atom. The lowest BCUT2D eigenvalue weighted by molar-refractivity contribution is 0.786. The Morgan fingerprint density at radius 1 is 1.05 bits per heavy atom. The highest BCUT2D eigenvalue weighted by molar-refractivity contribution is 5.62. The molecule has 5 nitrogen and oxygen atoms in total. The van der Waals surface area contributed by atoms with Gasteiger partial charge in [0, 0.05) is 11.3 Å². The Labute approximate surface area is 123 Å². The van der Waals surface area contributed by atoms with Crippen molar-refractivity contribution in [1.29, 1.82) is 0 Å². The second kappa shape index (κ2) is 5.36. The molecule has 0 fully saturated rings. The minimum absolute atomic E-state index is 0.456. The van der Waals surface area contributed by atoms with Crippen LogP contribution in [0.4, 0.5) is 5.69 Å². The van der Waals surface area contributed by atoms with E-state index in [1.54, 1.807) is 4.68 Å². The van der Waals surface area contributed by atoms with Gasteiger partial charge < -0.3 is 5.73 Å². The maximum Gasteiger partial charge on any atom is 0.187 e. The van der Waals surface area contributed by atoms with Crippen molar-refractivity contribution in [2.75, 3.05) is 5.73 Å². The molecule has 0 aliphatic rings. The maximum atomic E-state index is 5.84. The lowest BCUT2D eigenvalue weighted by Gasteiger charge is -2.09. The van der Waals surface area contributed by atoms with Crippen LogP contribution in [-0.4, -0.2) is 20.2 Å². The summed E-state index contributed by atoms with van der Waals surface area (Å²) in [5.74, 6) is 1.14. The molecule has 0 aliphatic carbocycles. The third kappa shape index (κ3) is 2.63. The average Bonchev–Trinajstić information content (AvgIpc) is 2.97. The van der Waals surface area contributed by atoms with Gasteiger partial charge in [-0.15, -0.1) is 5.10 Å². The summed E-state index contributed by atoms with van der Waals surface area (Å²) in [5.41, 5.74) is 9.63. The number of rotatable bonds is 3. The first-order valence-corrected chi connectivity index (χ1v) is 6.90. The Balaban J connectivity index is 2.09. The molecule has 0 saturated heterocycles. The molecule has 0 radical (unpaired) electrons. The van der Waals surface area contributed by atoms with Gasteiger partial charge in [-0.2, -0.15) is 4.68 Å². The molecule has 2 N–H and O–H groups in total. The van der Waals surface area contributed by atoms with Crippen molar-refractivity contribution in [2.45, 2.75) is 19.8 Å². The van der Waals surface area contributed by atoms with Crippen LogP contribution in [0.2, 0.25) is 0 Å². The van der Waals surface area contributed by atoms with Gasteiger partial charge in [0.2, 0.25) is 0 Å². The Hall–Kier alpha value is -2.69. The monoisotopic (exact) mass is 279 g/mol. The lowest BCUT2D eigenvalue weighted by Crippen LogP contribution is -2.01. The predicted molar refractivity (Wildman–Crippen MR) is 83.1 cm³/mol. The number of nitrogen functional groups attached to an aromatic ring is 1. The summed E-state index contributed by atoms with van der Waals surface area (Å²) in [6, 6.07) is 15.8. The molecule has 5 heteroatoms. The van der Waals surface area contributed by atoms with Crippen molar-refractivity contribution in [2.24, 2.45) is 0 Å². The highest BCUT2D eigenvalue weighted by atomic mass is 15.5. The number of nitrogens with zero attached hydrogens (tertiary/aromatic N) is 4. The molecule has 0 amide bonds. The van der Waals surface area contributed by atoms with E-state index in [9.17, 15) is 0 Å². The van der Waals surface area contributed by atoms with Crippen LogP contribution in [0.1, 0.15) is 25.3 Å². The summed E-state index contributed by atoms with van der Waals surface area (Å²) >= 11 is 0. The Bertz CT molecular complexity index is 761. The average molecular weight is 279 g/mol. The van der Waals surface area contributed by atoms with Crippen LogP contribution in [0, 0.1) is 0 Å². The Kier molecular flexibility index (Phi) is 3.39. The number of hydrogen-bond donors (Lipinski definition) is 1. The number of nitrogens with two attached hydrogens (primary N) is 1.